The van der Waals surface area contributed by atoms with Crippen LogP contribution in [-0.2, 0) is 0 Å². The second-order valence-electron chi connectivity index (χ2n) is 8.30. The standard InChI is InChI=1S/C28H14ClNO/c29-16-13-20-18-8-3-4-9-22(18)30-23-10-5-11-24-26(23)25-19(21(14-16)27(20)30)12-15-6-1-2-7-17(15)28(25)31-24/h1-14H. The molecule has 5 aromatic carbocycles. The molecule has 0 aliphatic rings. The third-order valence-corrected chi connectivity index (χ3v) is 6.95. The smallest absolute Gasteiger partial charge is 0.143 e. The number of hydrogen-bond donors (Lipinski definition) is 0. The lowest BCUT2D eigenvalue weighted by molar-refractivity contribution is 0.673. The van der Waals surface area contributed by atoms with E-state index in [0.717, 1.165) is 37.9 Å². The van der Waals surface area contributed by atoms with Gasteiger partial charge < -0.3 is 8.82 Å². The molecule has 0 saturated carbocycles. The summed E-state index contributed by atoms with van der Waals surface area (Å²) < 4.78 is 8.89. The topological polar surface area (TPSA) is 17.6 Å². The lowest BCUT2D eigenvalue weighted by Gasteiger charge is -2.04. The van der Waals surface area contributed by atoms with Crippen LogP contribution in [0.15, 0.2) is 89.3 Å². The van der Waals surface area contributed by atoms with Crippen molar-refractivity contribution < 1.29 is 4.42 Å². The van der Waals surface area contributed by atoms with Crippen LogP contribution >= 0.6 is 11.6 Å². The molecule has 0 bridgehead atoms. The molecule has 31 heavy (non-hydrogen) atoms. The van der Waals surface area contributed by atoms with E-state index in [0.29, 0.717) is 0 Å². The highest BCUT2D eigenvalue weighted by molar-refractivity contribution is 6.37. The van der Waals surface area contributed by atoms with Crippen molar-refractivity contribution in [3.8, 4) is 0 Å². The summed E-state index contributed by atoms with van der Waals surface area (Å²) in [6.07, 6.45) is 0. The second kappa shape index (κ2) is 5.29. The number of rotatable bonds is 0. The minimum Gasteiger partial charge on any atom is -0.455 e. The highest BCUT2D eigenvalue weighted by atomic mass is 35.5. The van der Waals surface area contributed by atoms with Crippen molar-refractivity contribution in [2.24, 2.45) is 0 Å². The van der Waals surface area contributed by atoms with Crippen molar-refractivity contribution in [1.82, 2.24) is 4.40 Å². The van der Waals surface area contributed by atoms with Crippen LogP contribution in [0, 0.1) is 0 Å². The Morgan fingerprint density at radius 3 is 2.26 bits per heavy atom. The fraction of sp³-hybridized carbons (Fsp3) is 0. The maximum absolute atomic E-state index is 6.70. The molecule has 0 fully saturated rings. The summed E-state index contributed by atoms with van der Waals surface area (Å²) in [6.45, 7) is 0. The van der Waals surface area contributed by atoms with Gasteiger partial charge in [0.05, 0.1) is 21.9 Å². The molecule has 8 aromatic rings. The molecular weight excluding hydrogens is 402 g/mol. The monoisotopic (exact) mass is 415 g/mol. The molecule has 3 heteroatoms. The fourth-order valence-electron chi connectivity index (χ4n) is 5.55. The maximum atomic E-state index is 6.70. The Balaban J connectivity index is 1.90. The van der Waals surface area contributed by atoms with Gasteiger partial charge in [-0.05, 0) is 47.2 Å². The number of nitrogens with zero attached hydrogens (tertiary/aromatic N) is 1. The quantitative estimate of drug-likeness (QED) is 0.242. The first kappa shape index (κ1) is 16.0. The van der Waals surface area contributed by atoms with Crippen LogP contribution in [-0.4, -0.2) is 4.40 Å². The first-order chi connectivity index (χ1) is 15.3. The van der Waals surface area contributed by atoms with E-state index in [9.17, 15) is 0 Å². The molecule has 8 rings (SSSR count). The van der Waals surface area contributed by atoms with E-state index in [1.165, 1.54) is 38.0 Å². The predicted octanol–water partition coefficient (Wildman–Crippen LogP) is 8.54. The van der Waals surface area contributed by atoms with Crippen LogP contribution in [0.1, 0.15) is 0 Å². The largest absolute Gasteiger partial charge is 0.455 e. The molecule has 0 saturated heterocycles. The van der Waals surface area contributed by atoms with Gasteiger partial charge in [0.1, 0.15) is 11.2 Å². The molecular formula is C28H14ClNO. The molecule has 0 aliphatic heterocycles. The minimum atomic E-state index is 0.748. The zero-order valence-electron chi connectivity index (χ0n) is 16.3. The Labute approximate surface area is 181 Å². The molecule has 0 atom stereocenters. The first-order valence-electron chi connectivity index (χ1n) is 10.4. The SMILES string of the molecule is Clc1cc2c3cc4ccccc4c4oc5cccc(c5c34)n3c4ccccc4c(c1)c23. The van der Waals surface area contributed by atoms with Gasteiger partial charge in [-0.25, -0.2) is 0 Å². The number of benzene rings is 5. The highest BCUT2D eigenvalue weighted by Crippen LogP contribution is 2.45. The lowest BCUT2D eigenvalue weighted by Crippen LogP contribution is -1.84. The van der Waals surface area contributed by atoms with Crippen LogP contribution < -0.4 is 0 Å². The number of fused-ring (bicyclic) bond motifs is 7. The number of halogens is 1. The van der Waals surface area contributed by atoms with Crippen molar-refractivity contribution in [2.75, 3.05) is 0 Å². The Hall–Kier alpha value is -3.75. The van der Waals surface area contributed by atoms with Crippen molar-refractivity contribution in [1.29, 1.82) is 0 Å². The lowest BCUT2D eigenvalue weighted by atomic mass is 9.99. The first-order valence-corrected chi connectivity index (χ1v) is 10.8. The average Bonchev–Trinajstić information content (AvgIpc) is 3.31. The van der Waals surface area contributed by atoms with E-state index < -0.39 is 0 Å². The van der Waals surface area contributed by atoms with Gasteiger partial charge >= 0.3 is 0 Å². The Kier molecular flexibility index (Phi) is 2.73. The third kappa shape index (κ3) is 1.81. The van der Waals surface area contributed by atoms with E-state index in [4.69, 9.17) is 16.0 Å². The molecule has 144 valence electrons. The summed E-state index contributed by atoms with van der Waals surface area (Å²) >= 11 is 6.70. The molecule has 0 aliphatic carbocycles. The molecule has 0 radical (unpaired) electrons. The number of hydrogen-bond acceptors (Lipinski definition) is 1. The van der Waals surface area contributed by atoms with E-state index in [1.54, 1.807) is 0 Å². The van der Waals surface area contributed by atoms with Crippen molar-refractivity contribution in [3.63, 3.8) is 0 Å². The van der Waals surface area contributed by atoms with Crippen molar-refractivity contribution in [2.45, 2.75) is 0 Å². The number of furan rings is 1. The zero-order valence-corrected chi connectivity index (χ0v) is 17.1. The Morgan fingerprint density at radius 1 is 0.613 bits per heavy atom. The van der Waals surface area contributed by atoms with Gasteiger partial charge in [-0.1, -0.05) is 60.1 Å². The highest BCUT2D eigenvalue weighted by Gasteiger charge is 2.21. The molecule has 0 spiro atoms. The predicted molar refractivity (Wildman–Crippen MR) is 131 cm³/mol. The van der Waals surface area contributed by atoms with Crippen LogP contribution in [0.2, 0.25) is 5.02 Å². The molecule has 3 heterocycles. The minimum absolute atomic E-state index is 0.748. The van der Waals surface area contributed by atoms with Crippen molar-refractivity contribution in [3.05, 3.63) is 90.0 Å². The van der Waals surface area contributed by atoms with E-state index >= 15 is 0 Å². The van der Waals surface area contributed by atoms with Crippen LogP contribution in [0.25, 0.3) is 70.8 Å². The van der Waals surface area contributed by atoms with E-state index in [2.05, 4.69) is 89.3 Å². The van der Waals surface area contributed by atoms with Crippen LogP contribution in [0.4, 0.5) is 0 Å². The summed E-state index contributed by atoms with van der Waals surface area (Å²) in [4.78, 5) is 0. The number of aromatic nitrogens is 1. The molecule has 3 aromatic heterocycles. The van der Waals surface area contributed by atoms with Gasteiger partial charge in [-0.2, -0.15) is 0 Å². The molecule has 0 unspecified atom stereocenters. The van der Waals surface area contributed by atoms with Gasteiger partial charge in [0.15, 0.2) is 0 Å². The summed E-state index contributed by atoms with van der Waals surface area (Å²) in [7, 11) is 0. The van der Waals surface area contributed by atoms with Crippen LogP contribution in [0.3, 0.4) is 0 Å². The summed E-state index contributed by atoms with van der Waals surface area (Å²) in [5.41, 5.74) is 5.39. The van der Waals surface area contributed by atoms with Gasteiger partial charge in [-0.15, -0.1) is 0 Å². The average molecular weight is 416 g/mol. The molecule has 2 nitrogen and oxygen atoms in total. The zero-order chi connectivity index (χ0) is 20.3. The Bertz CT molecular complexity index is 2010. The van der Waals surface area contributed by atoms with Gasteiger partial charge in [0.25, 0.3) is 0 Å². The summed E-state index contributed by atoms with van der Waals surface area (Å²) in [5.74, 6) is 0. The van der Waals surface area contributed by atoms with Gasteiger partial charge in [0.2, 0.25) is 0 Å². The van der Waals surface area contributed by atoms with Gasteiger partial charge in [-0.3, -0.25) is 0 Å². The fourth-order valence-corrected chi connectivity index (χ4v) is 5.77. The normalized spacial score (nSPS) is 12.7. The van der Waals surface area contributed by atoms with Crippen molar-refractivity contribution >= 4 is 82.4 Å². The summed E-state index contributed by atoms with van der Waals surface area (Å²) in [6, 6.07) is 29.9. The van der Waals surface area contributed by atoms with E-state index in [-0.39, 0.29) is 0 Å². The third-order valence-electron chi connectivity index (χ3n) is 6.73. The Morgan fingerprint density at radius 2 is 1.35 bits per heavy atom. The number of para-hydroxylation sites is 1. The molecule has 0 N–H and O–H groups in total. The van der Waals surface area contributed by atoms with Gasteiger partial charge in [0, 0.05) is 32.0 Å². The maximum Gasteiger partial charge on any atom is 0.143 e. The van der Waals surface area contributed by atoms with Crippen LogP contribution in [0.5, 0.6) is 0 Å². The summed E-state index contributed by atoms with van der Waals surface area (Å²) in [5, 5.41) is 10.1. The van der Waals surface area contributed by atoms with E-state index in [1.807, 2.05) is 0 Å². The molecule has 0 amide bonds. The second-order valence-corrected chi connectivity index (χ2v) is 8.74.